The highest BCUT2D eigenvalue weighted by atomic mass is 16.4. The number of nitrogens with zero attached hydrogens (tertiary/aromatic N) is 2. The maximum absolute atomic E-state index is 8.74. The predicted octanol–water partition coefficient (Wildman–Crippen LogP) is 0.393. The molecule has 0 aliphatic carbocycles. The van der Waals surface area contributed by atoms with Crippen molar-refractivity contribution in [2.75, 3.05) is 0 Å². The van der Waals surface area contributed by atoms with Crippen molar-refractivity contribution in [3.8, 4) is 0 Å². The molecule has 1 heterocycles. The van der Waals surface area contributed by atoms with Gasteiger partial charge in [-0.25, -0.2) is 4.98 Å². The number of carbonyl (C=O) groups excluding carboxylic acids is 2. The molecule has 0 saturated carbocycles. The van der Waals surface area contributed by atoms with E-state index in [1.165, 1.54) is 5.69 Å². The smallest absolute Gasteiger partial charge is 0.427 e. The van der Waals surface area contributed by atoms with Gasteiger partial charge in [-0.1, -0.05) is 12.8 Å². The molecule has 0 radical (unpaired) electrons. The Kier molecular flexibility index (Phi) is 10.4. The Hall–Kier alpha value is -1.47. The zero-order valence-corrected chi connectivity index (χ0v) is 12.6. The lowest BCUT2D eigenvalue weighted by Crippen LogP contribution is -2.24. The molecule has 0 saturated heterocycles. The van der Waals surface area contributed by atoms with E-state index in [0.29, 0.717) is 12.4 Å². The largest absolute Gasteiger partial charge is 0.451 e. The number of hydrogen-bond donors (Lipinski definition) is 3. The average Bonchev–Trinajstić information content (AvgIpc) is 2.83. The van der Waals surface area contributed by atoms with Crippen LogP contribution in [0.25, 0.3) is 0 Å². The van der Waals surface area contributed by atoms with Gasteiger partial charge in [0.1, 0.15) is 0 Å². The van der Waals surface area contributed by atoms with Crippen molar-refractivity contribution in [2.24, 2.45) is 5.73 Å². The van der Waals surface area contributed by atoms with E-state index in [0.717, 1.165) is 25.7 Å². The summed E-state index contributed by atoms with van der Waals surface area (Å²) in [6, 6.07) is 0.509. The van der Waals surface area contributed by atoms with Gasteiger partial charge in [-0.05, 0) is 26.6 Å². The first-order valence-electron chi connectivity index (χ1n) is 7.04. The molecule has 0 aliphatic heterocycles. The van der Waals surface area contributed by atoms with Crippen LogP contribution in [0.1, 0.15) is 44.8 Å². The molecule has 1 rings (SSSR count). The van der Waals surface area contributed by atoms with E-state index < -0.39 is 7.12 Å². The third kappa shape index (κ3) is 9.15. The minimum atomic E-state index is -1.19. The van der Waals surface area contributed by atoms with Gasteiger partial charge in [0.2, 0.25) is 0 Å². The zero-order chi connectivity index (χ0) is 16.3. The summed E-state index contributed by atoms with van der Waals surface area (Å²) in [5.74, 6) is 0. The number of imidazole rings is 1. The second-order valence-electron chi connectivity index (χ2n) is 5.20. The van der Waals surface area contributed by atoms with Crippen molar-refractivity contribution in [1.82, 2.24) is 9.55 Å². The first kappa shape index (κ1) is 19.5. The molecule has 1 atom stereocenters. The molecule has 118 valence electrons. The first-order chi connectivity index (χ1) is 9.92. The van der Waals surface area contributed by atoms with Gasteiger partial charge in [-0.15, -0.1) is 0 Å². The Balaban J connectivity index is 0.00000122. The van der Waals surface area contributed by atoms with E-state index in [2.05, 4.69) is 23.4 Å². The topological polar surface area (TPSA) is 118 Å². The predicted molar refractivity (Wildman–Crippen MR) is 78.1 cm³/mol. The number of aromatic nitrogens is 2. The molecule has 0 aromatic carbocycles. The standard InChI is InChI=1S/C12H24BN3O2.CO2/c1-10(2)16-9-15-8-12(16)7-11(14)5-3-4-6-13(17)18;2-1-3/h8-11,17-18H,3-7,14H2,1-2H3;. The van der Waals surface area contributed by atoms with Gasteiger partial charge in [0, 0.05) is 30.4 Å². The lowest BCUT2D eigenvalue weighted by molar-refractivity contribution is -0.191. The summed E-state index contributed by atoms with van der Waals surface area (Å²) in [6.07, 6.45) is 7.84. The molecule has 21 heavy (non-hydrogen) atoms. The number of hydrogen-bond acceptors (Lipinski definition) is 6. The van der Waals surface area contributed by atoms with E-state index in [-0.39, 0.29) is 12.2 Å². The average molecular weight is 297 g/mol. The van der Waals surface area contributed by atoms with E-state index >= 15 is 0 Å². The van der Waals surface area contributed by atoms with Crippen LogP contribution in [0.3, 0.4) is 0 Å². The van der Waals surface area contributed by atoms with Gasteiger partial charge in [-0.3, -0.25) is 0 Å². The van der Waals surface area contributed by atoms with Crippen LogP contribution < -0.4 is 5.73 Å². The lowest BCUT2D eigenvalue weighted by atomic mass is 9.83. The Morgan fingerprint density at radius 1 is 1.38 bits per heavy atom. The van der Waals surface area contributed by atoms with Crippen molar-refractivity contribution in [1.29, 1.82) is 0 Å². The van der Waals surface area contributed by atoms with E-state index in [1.54, 1.807) is 0 Å². The molecule has 7 nitrogen and oxygen atoms in total. The molecule has 0 fully saturated rings. The molecule has 0 aliphatic rings. The monoisotopic (exact) mass is 297 g/mol. The summed E-state index contributed by atoms with van der Waals surface area (Å²) in [4.78, 5) is 20.4. The van der Waals surface area contributed by atoms with Crippen LogP contribution in [-0.2, 0) is 16.0 Å². The molecular weight excluding hydrogens is 273 g/mol. The van der Waals surface area contributed by atoms with Crippen LogP contribution >= 0.6 is 0 Å². The van der Waals surface area contributed by atoms with Crippen molar-refractivity contribution >= 4 is 13.3 Å². The van der Waals surface area contributed by atoms with Gasteiger partial charge < -0.3 is 20.3 Å². The van der Waals surface area contributed by atoms with Crippen molar-refractivity contribution < 1.29 is 19.6 Å². The van der Waals surface area contributed by atoms with Gasteiger partial charge >= 0.3 is 13.3 Å². The molecule has 0 bridgehead atoms. The summed E-state index contributed by atoms with van der Waals surface area (Å²) in [6.45, 7) is 4.25. The molecule has 8 heteroatoms. The van der Waals surface area contributed by atoms with Crippen LogP contribution in [0.5, 0.6) is 0 Å². The van der Waals surface area contributed by atoms with Gasteiger partial charge in [0.05, 0.1) is 6.33 Å². The molecule has 0 amide bonds. The minimum Gasteiger partial charge on any atom is -0.427 e. The Bertz CT molecular complexity index is 417. The van der Waals surface area contributed by atoms with E-state index in [1.807, 2.05) is 12.5 Å². The highest BCUT2D eigenvalue weighted by Gasteiger charge is 2.11. The number of rotatable bonds is 8. The van der Waals surface area contributed by atoms with Crippen LogP contribution in [0, 0.1) is 0 Å². The summed E-state index contributed by atoms with van der Waals surface area (Å²) >= 11 is 0. The van der Waals surface area contributed by atoms with Crippen molar-refractivity contribution in [3.05, 3.63) is 18.2 Å². The maximum atomic E-state index is 8.74. The van der Waals surface area contributed by atoms with E-state index in [4.69, 9.17) is 25.4 Å². The lowest BCUT2D eigenvalue weighted by Gasteiger charge is -2.15. The molecule has 1 aromatic heterocycles. The molecule has 0 spiro atoms. The molecule has 1 aromatic rings. The fourth-order valence-electron chi connectivity index (χ4n) is 2.06. The van der Waals surface area contributed by atoms with Gasteiger partial charge in [0.25, 0.3) is 0 Å². The van der Waals surface area contributed by atoms with Crippen LogP contribution in [0.2, 0.25) is 6.32 Å². The summed E-state index contributed by atoms with van der Waals surface area (Å²) < 4.78 is 2.14. The second kappa shape index (κ2) is 11.2. The van der Waals surface area contributed by atoms with Gasteiger partial charge in [-0.2, -0.15) is 9.59 Å². The highest BCUT2D eigenvalue weighted by molar-refractivity contribution is 6.40. The normalized spacial score (nSPS) is 11.5. The fourth-order valence-corrected chi connectivity index (χ4v) is 2.06. The third-order valence-corrected chi connectivity index (χ3v) is 3.06. The molecular formula is C13H24BN3O4. The van der Waals surface area contributed by atoms with Gasteiger partial charge in [0.15, 0.2) is 0 Å². The minimum absolute atomic E-state index is 0.107. The Morgan fingerprint density at radius 3 is 2.52 bits per heavy atom. The molecule has 1 unspecified atom stereocenters. The summed E-state index contributed by atoms with van der Waals surface area (Å²) in [5, 5.41) is 17.5. The quantitative estimate of drug-likeness (QED) is 0.472. The first-order valence-corrected chi connectivity index (χ1v) is 7.04. The fraction of sp³-hybridized carbons (Fsp3) is 0.692. The SMILES string of the molecule is CC(C)n1cncc1CC(N)CCCCB(O)O.O=C=O. The molecule has 4 N–H and O–H groups in total. The maximum Gasteiger partial charge on any atom is 0.451 e. The summed E-state index contributed by atoms with van der Waals surface area (Å²) in [7, 11) is -1.19. The van der Waals surface area contributed by atoms with Crippen molar-refractivity contribution in [3.63, 3.8) is 0 Å². The number of nitrogens with two attached hydrogens (primary N) is 1. The Labute approximate surface area is 125 Å². The summed E-state index contributed by atoms with van der Waals surface area (Å²) in [5.41, 5.74) is 7.25. The second-order valence-corrected chi connectivity index (χ2v) is 5.20. The van der Waals surface area contributed by atoms with Crippen LogP contribution in [0.4, 0.5) is 0 Å². The van der Waals surface area contributed by atoms with Crippen LogP contribution in [0.15, 0.2) is 12.5 Å². The van der Waals surface area contributed by atoms with Crippen molar-refractivity contribution in [2.45, 2.75) is 57.9 Å². The van der Waals surface area contributed by atoms with Crippen LogP contribution in [-0.4, -0.2) is 38.9 Å². The Morgan fingerprint density at radius 2 is 2.00 bits per heavy atom. The van der Waals surface area contributed by atoms with E-state index in [9.17, 15) is 0 Å². The zero-order valence-electron chi connectivity index (χ0n) is 12.6. The number of unbranched alkanes of at least 4 members (excludes halogenated alkanes) is 1. The highest BCUT2D eigenvalue weighted by Crippen LogP contribution is 2.13. The third-order valence-electron chi connectivity index (χ3n) is 3.06.